The van der Waals surface area contributed by atoms with E-state index in [4.69, 9.17) is 9.47 Å². The first kappa shape index (κ1) is 16.5. The quantitative estimate of drug-likeness (QED) is 0.544. The van der Waals surface area contributed by atoms with E-state index in [0.717, 1.165) is 12.7 Å². The van der Waals surface area contributed by atoms with Crippen molar-refractivity contribution in [3.8, 4) is 5.75 Å². The van der Waals surface area contributed by atoms with Crippen LogP contribution in [0.1, 0.15) is 26.2 Å². The van der Waals surface area contributed by atoms with Gasteiger partial charge in [-0.3, -0.25) is 4.79 Å². The lowest BCUT2D eigenvalue weighted by Gasteiger charge is -2.06. The van der Waals surface area contributed by atoms with Crippen molar-refractivity contribution < 1.29 is 22.7 Å². The molecule has 0 heterocycles. The van der Waals surface area contributed by atoms with Crippen LogP contribution in [0.5, 0.6) is 5.75 Å². The number of benzene rings is 1. The zero-order valence-corrected chi connectivity index (χ0v) is 12.6. The molecule has 1 rings (SSSR count). The SMILES string of the molecule is CCOC(=O)CCCCOc1ccc(S(C)(=O)=O)cc1. The Balaban J connectivity index is 2.28. The van der Waals surface area contributed by atoms with Crippen LogP contribution < -0.4 is 4.74 Å². The molecule has 0 saturated carbocycles. The summed E-state index contributed by atoms with van der Waals surface area (Å²) in [5, 5.41) is 0. The maximum Gasteiger partial charge on any atom is 0.305 e. The fourth-order valence-corrected chi connectivity index (χ4v) is 2.21. The molecule has 0 spiro atoms. The van der Waals surface area contributed by atoms with Crippen LogP contribution in [0.25, 0.3) is 0 Å². The highest BCUT2D eigenvalue weighted by molar-refractivity contribution is 7.90. The molecule has 0 atom stereocenters. The molecule has 0 bridgehead atoms. The number of unbranched alkanes of at least 4 members (excludes halogenated alkanes) is 1. The number of hydrogen-bond acceptors (Lipinski definition) is 5. The van der Waals surface area contributed by atoms with Crippen molar-refractivity contribution in [3.63, 3.8) is 0 Å². The summed E-state index contributed by atoms with van der Waals surface area (Å²) in [6.45, 7) is 2.67. The van der Waals surface area contributed by atoms with E-state index in [0.29, 0.717) is 31.8 Å². The van der Waals surface area contributed by atoms with E-state index in [-0.39, 0.29) is 10.9 Å². The number of carbonyl (C=O) groups is 1. The van der Waals surface area contributed by atoms with Gasteiger partial charge in [0.2, 0.25) is 0 Å². The van der Waals surface area contributed by atoms with Crippen molar-refractivity contribution in [2.45, 2.75) is 31.1 Å². The third-order valence-corrected chi connectivity index (χ3v) is 3.73. The van der Waals surface area contributed by atoms with Crippen molar-refractivity contribution in [1.82, 2.24) is 0 Å². The van der Waals surface area contributed by atoms with E-state index in [1.165, 1.54) is 12.1 Å². The van der Waals surface area contributed by atoms with E-state index in [9.17, 15) is 13.2 Å². The maximum atomic E-state index is 11.3. The van der Waals surface area contributed by atoms with Gasteiger partial charge in [0.1, 0.15) is 5.75 Å². The fraction of sp³-hybridized carbons (Fsp3) is 0.500. The maximum absolute atomic E-state index is 11.3. The minimum Gasteiger partial charge on any atom is -0.494 e. The van der Waals surface area contributed by atoms with Crippen LogP contribution in [-0.4, -0.2) is 33.9 Å². The van der Waals surface area contributed by atoms with Gasteiger partial charge < -0.3 is 9.47 Å². The highest BCUT2D eigenvalue weighted by Gasteiger charge is 2.06. The predicted octanol–water partition coefficient (Wildman–Crippen LogP) is 2.20. The van der Waals surface area contributed by atoms with Crippen LogP contribution in [0.4, 0.5) is 0 Å². The van der Waals surface area contributed by atoms with E-state index in [1.807, 2.05) is 0 Å². The first-order chi connectivity index (χ1) is 9.43. The number of carbonyl (C=O) groups excluding carboxylic acids is 1. The molecule has 0 aromatic heterocycles. The monoisotopic (exact) mass is 300 g/mol. The van der Waals surface area contributed by atoms with Gasteiger partial charge in [-0.1, -0.05) is 0 Å². The molecular weight excluding hydrogens is 280 g/mol. The molecule has 112 valence electrons. The standard InChI is InChI=1S/C14H20O5S/c1-3-18-14(15)6-4-5-11-19-12-7-9-13(10-8-12)20(2,16)17/h7-10H,3-6,11H2,1-2H3. The van der Waals surface area contributed by atoms with Gasteiger partial charge in [-0.05, 0) is 44.0 Å². The van der Waals surface area contributed by atoms with Crippen LogP contribution in [0.15, 0.2) is 29.2 Å². The van der Waals surface area contributed by atoms with Crippen LogP contribution >= 0.6 is 0 Å². The molecule has 0 fully saturated rings. The Morgan fingerprint density at radius 2 is 1.80 bits per heavy atom. The van der Waals surface area contributed by atoms with Crippen molar-refractivity contribution in [2.24, 2.45) is 0 Å². The predicted molar refractivity (Wildman–Crippen MR) is 75.5 cm³/mol. The number of hydrogen-bond donors (Lipinski definition) is 0. The third-order valence-electron chi connectivity index (χ3n) is 2.60. The number of esters is 1. The Morgan fingerprint density at radius 3 is 2.35 bits per heavy atom. The summed E-state index contributed by atoms with van der Waals surface area (Å²) < 4.78 is 32.8. The van der Waals surface area contributed by atoms with Gasteiger partial charge in [-0.25, -0.2) is 8.42 Å². The zero-order chi connectivity index (χ0) is 15.0. The molecule has 20 heavy (non-hydrogen) atoms. The molecular formula is C14H20O5S. The molecule has 1 aromatic rings. The summed E-state index contributed by atoms with van der Waals surface area (Å²) in [5.74, 6) is 0.429. The Kier molecular flexibility index (Phi) is 6.51. The molecule has 6 heteroatoms. The summed E-state index contributed by atoms with van der Waals surface area (Å²) in [6.07, 6.45) is 3.01. The van der Waals surface area contributed by atoms with Crippen molar-refractivity contribution >= 4 is 15.8 Å². The Hall–Kier alpha value is -1.56. The molecule has 5 nitrogen and oxygen atoms in total. The largest absolute Gasteiger partial charge is 0.494 e. The molecule has 0 amide bonds. The zero-order valence-electron chi connectivity index (χ0n) is 11.8. The highest BCUT2D eigenvalue weighted by Crippen LogP contribution is 2.16. The van der Waals surface area contributed by atoms with Gasteiger partial charge in [0.05, 0.1) is 18.1 Å². The van der Waals surface area contributed by atoms with Crippen LogP contribution in [0.3, 0.4) is 0 Å². The summed E-state index contributed by atoms with van der Waals surface area (Å²) >= 11 is 0. The Morgan fingerprint density at radius 1 is 1.15 bits per heavy atom. The van der Waals surface area contributed by atoms with Crippen molar-refractivity contribution in [2.75, 3.05) is 19.5 Å². The van der Waals surface area contributed by atoms with Gasteiger partial charge in [0.25, 0.3) is 0 Å². The van der Waals surface area contributed by atoms with Crippen molar-refractivity contribution in [3.05, 3.63) is 24.3 Å². The van der Waals surface area contributed by atoms with E-state index in [2.05, 4.69) is 0 Å². The van der Waals surface area contributed by atoms with Crippen LogP contribution in [0, 0.1) is 0 Å². The number of sulfone groups is 1. The lowest BCUT2D eigenvalue weighted by molar-refractivity contribution is -0.143. The van der Waals surface area contributed by atoms with Gasteiger partial charge in [-0.2, -0.15) is 0 Å². The van der Waals surface area contributed by atoms with E-state index in [1.54, 1.807) is 19.1 Å². The lowest BCUT2D eigenvalue weighted by atomic mass is 10.2. The average molecular weight is 300 g/mol. The van der Waals surface area contributed by atoms with Gasteiger partial charge in [0.15, 0.2) is 9.84 Å². The number of ether oxygens (including phenoxy) is 2. The lowest BCUT2D eigenvalue weighted by Crippen LogP contribution is -2.05. The topological polar surface area (TPSA) is 69.7 Å². The highest BCUT2D eigenvalue weighted by atomic mass is 32.2. The first-order valence-corrected chi connectivity index (χ1v) is 8.41. The second-order valence-corrected chi connectivity index (χ2v) is 6.37. The molecule has 0 saturated heterocycles. The van der Waals surface area contributed by atoms with Crippen LogP contribution in [-0.2, 0) is 19.4 Å². The Labute approximate surface area is 119 Å². The second-order valence-electron chi connectivity index (χ2n) is 4.35. The van der Waals surface area contributed by atoms with Gasteiger partial charge in [0, 0.05) is 12.7 Å². The normalized spacial score (nSPS) is 11.1. The molecule has 0 unspecified atom stereocenters. The Bertz CT molecular complexity index is 519. The molecule has 0 radical (unpaired) electrons. The summed E-state index contributed by atoms with van der Waals surface area (Å²) in [7, 11) is -3.17. The number of rotatable bonds is 8. The van der Waals surface area contributed by atoms with Crippen molar-refractivity contribution in [1.29, 1.82) is 0 Å². The molecule has 1 aromatic carbocycles. The minimum absolute atomic E-state index is 0.190. The molecule has 0 N–H and O–H groups in total. The van der Waals surface area contributed by atoms with Crippen LogP contribution in [0.2, 0.25) is 0 Å². The molecule has 0 aliphatic heterocycles. The average Bonchev–Trinajstić information content (AvgIpc) is 2.38. The smallest absolute Gasteiger partial charge is 0.305 e. The summed E-state index contributed by atoms with van der Waals surface area (Å²) in [6, 6.07) is 6.29. The third kappa shape index (κ3) is 6.06. The van der Waals surface area contributed by atoms with Gasteiger partial charge >= 0.3 is 5.97 Å². The van der Waals surface area contributed by atoms with E-state index >= 15 is 0 Å². The summed E-state index contributed by atoms with van der Waals surface area (Å²) in [4.78, 5) is 11.4. The minimum atomic E-state index is -3.17. The fourth-order valence-electron chi connectivity index (χ4n) is 1.58. The van der Waals surface area contributed by atoms with Gasteiger partial charge in [-0.15, -0.1) is 0 Å². The summed E-state index contributed by atoms with van der Waals surface area (Å²) in [5.41, 5.74) is 0. The first-order valence-electron chi connectivity index (χ1n) is 6.52. The second kappa shape index (κ2) is 7.89. The molecule has 0 aliphatic carbocycles. The molecule has 0 aliphatic rings. The van der Waals surface area contributed by atoms with E-state index < -0.39 is 9.84 Å².